The van der Waals surface area contributed by atoms with Gasteiger partial charge in [-0.1, -0.05) is 0 Å². The highest BCUT2D eigenvalue weighted by molar-refractivity contribution is 6.14. The van der Waals surface area contributed by atoms with Crippen LogP contribution in [0.3, 0.4) is 0 Å². The molecule has 0 aromatic carbocycles. The van der Waals surface area contributed by atoms with Gasteiger partial charge in [0.2, 0.25) is 11.9 Å². The Kier molecular flexibility index (Phi) is 5.38. The number of morpholine rings is 1. The Bertz CT molecular complexity index is 1020. The molecule has 2 saturated heterocycles. The van der Waals surface area contributed by atoms with Crippen molar-refractivity contribution in [2.24, 2.45) is 0 Å². The van der Waals surface area contributed by atoms with Crippen LogP contribution >= 0.6 is 0 Å². The third kappa shape index (κ3) is 4.59. The van der Waals surface area contributed by atoms with Gasteiger partial charge in [-0.3, -0.25) is 15.0 Å². The number of ether oxygens (including phenoxy) is 1. The highest BCUT2D eigenvalue weighted by Crippen LogP contribution is 2.25. The molecule has 3 aliphatic rings. The van der Waals surface area contributed by atoms with Gasteiger partial charge in [-0.05, 0) is 31.9 Å². The van der Waals surface area contributed by atoms with E-state index in [0.717, 1.165) is 58.7 Å². The number of rotatable bonds is 8. The van der Waals surface area contributed by atoms with Crippen molar-refractivity contribution in [3.05, 3.63) is 17.5 Å². The molecule has 1 saturated carbocycles. The number of urea groups is 1. The van der Waals surface area contributed by atoms with Gasteiger partial charge in [0.25, 0.3) is 5.91 Å². The average molecular weight is 427 g/mol. The Morgan fingerprint density at radius 3 is 2.77 bits per heavy atom. The molecule has 3 fully saturated rings. The van der Waals surface area contributed by atoms with E-state index in [-0.39, 0.29) is 5.70 Å². The van der Waals surface area contributed by atoms with Crippen LogP contribution in [0, 0.1) is 0 Å². The maximum atomic E-state index is 11.9. The van der Waals surface area contributed by atoms with Crippen molar-refractivity contribution in [3.63, 3.8) is 0 Å². The molecule has 0 unspecified atom stereocenters. The zero-order valence-electron chi connectivity index (χ0n) is 17.1. The molecular formula is C19H25N9O3. The van der Waals surface area contributed by atoms with Crippen LogP contribution in [-0.4, -0.2) is 81.9 Å². The van der Waals surface area contributed by atoms with E-state index < -0.39 is 11.9 Å². The molecule has 2 aromatic heterocycles. The van der Waals surface area contributed by atoms with Crippen molar-refractivity contribution < 1.29 is 14.3 Å². The van der Waals surface area contributed by atoms with Crippen molar-refractivity contribution in [1.29, 1.82) is 0 Å². The third-order valence-electron chi connectivity index (χ3n) is 5.36. The summed E-state index contributed by atoms with van der Waals surface area (Å²) < 4.78 is 7.01. The topological polar surface area (TPSA) is 138 Å². The second-order valence-electron chi connectivity index (χ2n) is 7.83. The maximum absolute atomic E-state index is 11.9. The number of carbonyl (C=O) groups is 2. The Balaban J connectivity index is 1.34. The van der Waals surface area contributed by atoms with Crippen LogP contribution in [0.4, 0.5) is 16.7 Å². The lowest BCUT2D eigenvalue weighted by Gasteiger charge is -2.26. The van der Waals surface area contributed by atoms with Gasteiger partial charge in [0, 0.05) is 31.2 Å². The van der Waals surface area contributed by atoms with Crippen LogP contribution in [0.5, 0.6) is 0 Å². The first-order valence-corrected chi connectivity index (χ1v) is 10.6. The Labute approximate surface area is 178 Å². The van der Waals surface area contributed by atoms with Crippen LogP contribution in [0.2, 0.25) is 0 Å². The lowest BCUT2D eigenvalue weighted by atomic mass is 10.2. The summed E-state index contributed by atoms with van der Waals surface area (Å²) in [4.78, 5) is 34.9. The fraction of sp³-hybridized carbons (Fsp3) is 0.526. The summed E-state index contributed by atoms with van der Waals surface area (Å²) in [5.74, 6) is 0.627. The quantitative estimate of drug-likeness (QED) is 0.261. The lowest BCUT2D eigenvalue weighted by Crippen LogP contribution is -2.37. The van der Waals surface area contributed by atoms with Gasteiger partial charge in [-0.25, -0.2) is 4.79 Å². The molecule has 4 N–H and O–H groups in total. The number of nitrogens with one attached hydrogen (secondary N) is 4. The average Bonchev–Trinajstić information content (AvgIpc) is 3.40. The van der Waals surface area contributed by atoms with Crippen LogP contribution in [0.1, 0.15) is 24.8 Å². The predicted molar refractivity (Wildman–Crippen MR) is 112 cm³/mol. The van der Waals surface area contributed by atoms with E-state index in [4.69, 9.17) is 4.74 Å². The molecule has 5 rings (SSSR count). The summed E-state index contributed by atoms with van der Waals surface area (Å²) in [6.07, 6.45) is 6.33. The second-order valence-corrected chi connectivity index (χ2v) is 7.83. The monoisotopic (exact) mass is 427 g/mol. The van der Waals surface area contributed by atoms with Crippen LogP contribution in [-0.2, 0) is 9.53 Å². The summed E-state index contributed by atoms with van der Waals surface area (Å²) in [7, 11) is 0. The fourth-order valence-corrected chi connectivity index (χ4v) is 3.54. The van der Waals surface area contributed by atoms with E-state index in [1.165, 1.54) is 0 Å². The Morgan fingerprint density at radius 1 is 1.19 bits per heavy atom. The van der Waals surface area contributed by atoms with Gasteiger partial charge in [0.15, 0.2) is 5.65 Å². The molecule has 12 heteroatoms. The first-order chi connectivity index (χ1) is 15.2. The summed E-state index contributed by atoms with van der Waals surface area (Å²) in [5, 5.41) is 15.7. The van der Waals surface area contributed by atoms with Crippen molar-refractivity contribution in [2.45, 2.75) is 25.3 Å². The van der Waals surface area contributed by atoms with Gasteiger partial charge in [0.05, 0.1) is 19.4 Å². The summed E-state index contributed by atoms with van der Waals surface area (Å²) in [6, 6.07) is -0.153. The van der Waals surface area contributed by atoms with Gasteiger partial charge in [-0.2, -0.15) is 19.6 Å². The van der Waals surface area contributed by atoms with Gasteiger partial charge in [0.1, 0.15) is 5.70 Å². The minimum absolute atomic E-state index is 0.162. The maximum Gasteiger partial charge on any atom is 0.326 e. The van der Waals surface area contributed by atoms with Gasteiger partial charge in [-0.15, -0.1) is 0 Å². The van der Waals surface area contributed by atoms with Crippen molar-refractivity contribution in [3.8, 4) is 0 Å². The number of hydrogen-bond donors (Lipinski definition) is 4. The highest BCUT2D eigenvalue weighted by atomic mass is 16.5. The number of nitrogens with zero attached hydrogens (tertiary/aromatic N) is 5. The molecule has 2 aromatic rings. The molecule has 0 atom stereocenters. The fourth-order valence-electron chi connectivity index (χ4n) is 3.54. The van der Waals surface area contributed by atoms with E-state index in [9.17, 15) is 9.59 Å². The number of amides is 3. The molecule has 2 aliphatic heterocycles. The normalized spacial score (nSPS) is 20.8. The van der Waals surface area contributed by atoms with Crippen molar-refractivity contribution in [1.82, 2.24) is 35.1 Å². The number of imide groups is 1. The number of aromatic nitrogens is 4. The minimum Gasteiger partial charge on any atom is -0.379 e. The van der Waals surface area contributed by atoms with E-state index >= 15 is 0 Å². The molecule has 31 heavy (non-hydrogen) atoms. The molecule has 0 spiro atoms. The zero-order chi connectivity index (χ0) is 21.2. The predicted octanol–water partition coefficient (Wildman–Crippen LogP) is 0.0131. The Morgan fingerprint density at radius 2 is 2.03 bits per heavy atom. The molecular weight excluding hydrogens is 402 g/mol. The first-order valence-electron chi connectivity index (χ1n) is 10.6. The van der Waals surface area contributed by atoms with Crippen LogP contribution < -0.4 is 21.3 Å². The second kappa shape index (κ2) is 8.47. The van der Waals surface area contributed by atoms with Gasteiger partial charge < -0.3 is 20.7 Å². The summed E-state index contributed by atoms with van der Waals surface area (Å²) in [5.41, 5.74) is 1.33. The smallest absolute Gasteiger partial charge is 0.326 e. The molecule has 0 radical (unpaired) electrons. The third-order valence-corrected chi connectivity index (χ3v) is 5.36. The van der Waals surface area contributed by atoms with E-state index in [2.05, 4.69) is 41.2 Å². The molecule has 0 bridgehead atoms. The van der Waals surface area contributed by atoms with Crippen molar-refractivity contribution in [2.75, 3.05) is 50.0 Å². The minimum atomic E-state index is -0.541. The Hall–Kier alpha value is -3.25. The molecule has 164 valence electrons. The summed E-state index contributed by atoms with van der Waals surface area (Å²) >= 11 is 0. The lowest BCUT2D eigenvalue weighted by molar-refractivity contribution is -0.115. The highest BCUT2D eigenvalue weighted by Gasteiger charge is 2.26. The van der Waals surface area contributed by atoms with E-state index in [1.54, 1.807) is 16.8 Å². The molecule has 3 amide bonds. The number of fused-ring (bicyclic) bond motifs is 1. The van der Waals surface area contributed by atoms with Crippen LogP contribution in [0.15, 0.2) is 11.9 Å². The van der Waals surface area contributed by atoms with E-state index in [0.29, 0.717) is 29.1 Å². The number of anilines is 2. The molecule has 1 aliphatic carbocycles. The number of hydrogen-bond acceptors (Lipinski definition) is 9. The molecule has 12 nitrogen and oxygen atoms in total. The molecule has 4 heterocycles. The number of carbonyl (C=O) groups excluding carboxylic acids is 2. The standard InChI is InChI=1S/C19H25N9O3/c29-16-14(23-19(30)25-16)10-12-11-21-28-15(12)24-17(26-18(28)22-13-2-3-13)20-4-1-5-27-6-8-31-9-7-27/h10-11,13H,1-9H2,(H2,20,22,24,26)(H2,23,25,29,30)/b14-10-. The zero-order valence-corrected chi connectivity index (χ0v) is 17.1. The van der Waals surface area contributed by atoms with Crippen molar-refractivity contribution >= 4 is 35.6 Å². The van der Waals surface area contributed by atoms with Gasteiger partial charge >= 0.3 is 6.03 Å². The largest absolute Gasteiger partial charge is 0.379 e. The first kappa shape index (κ1) is 19.7. The van der Waals surface area contributed by atoms with Crippen LogP contribution in [0.25, 0.3) is 11.7 Å². The summed E-state index contributed by atoms with van der Waals surface area (Å²) in [6.45, 7) is 5.25. The van der Waals surface area contributed by atoms with E-state index in [1.807, 2.05) is 0 Å². The SMILES string of the molecule is O=C1NC(=O)/C(=C/c2cnn3c(NC4CC4)nc(NCCCN4CCOCC4)nc23)N1.